The molecule has 0 aromatic rings. The molecular weight excluding hydrogens is 372 g/mol. The molecule has 0 saturated heterocycles. The van der Waals surface area contributed by atoms with Crippen molar-refractivity contribution in [3.63, 3.8) is 0 Å². The zero-order valence-electron chi connectivity index (χ0n) is 18.3. The Hall–Kier alpha value is -1.59. The van der Waals surface area contributed by atoms with Gasteiger partial charge in [-0.2, -0.15) is 0 Å². The molecule has 1 N–H and O–H groups in total. The van der Waals surface area contributed by atoms with E-state index >= 15 is 0 Å². The monoisotopic (exact) mass is 412 g/mol. The molecular formula is C23H40O6. The van der Waals surface area contributed by atoms with Gasteiger partial charge in [-0.1, -0.05) is 65.2 Å². The second kappa shape index (κ2) is 15.3. The minimum Gasteiger partial charge on any atom is -0.481 e. The number of aliphatic carboxylic acids is 1. The highest BCUT2D eigenvalue weighted by atomic mass is 16.5. The van der Waals surface area contributed by atoms with E-state index in [4.69, 9.17) is 9.47 Å². The summed E-state index contributed by atoms with van der Waals surface area (Å²) in [6.45, 7) is 5.03. The third kappa shape index (κ3) is 10.1. The number of carboxylic acids is 1. The Morgan fingerprint density at radius 1 is 0.724 bits per heavy atom. The first-order valence-electron chi connectivity index (χ1n) is 11.6. The summed E-state index contributed by atoms with van der Waals surface area (Å²) in [5.74, 6) is -3.78. The van der Waals surface area contributed by atoms with Crippen molar-refractivity contribution in [3.8, 4) is 0 Å². The molecule has 0 amide bonds. The van der Waals surface area contributed by atoms with Crippen LogP contribution in [0.4, 0.5) is 0 Å². The molecule has 3 atom stereocenters. The van der Waals surface area contributed by atoms with Crippen LogP contribution in [0.1, 0.15) is 97.3 Å². The lowest BCUT2D eigenvalue weighted by Crippen LogP contribution is -2.39. The predicted octanol–water partition coefficient (Wildman–Crippen LogP) is 5.13. The zero-order valence-corrected chi connectivity index (χ0v) is 18.3. The van der Waals surface area contributed by atoms with Crippen LogP contribution in [0.15, 0.2) is 0 Å². The summed E-state index contributed by atoms with van der Waals surface area (Å²) in [6, 6.07) is 0. The average molecular weight is 413 g/mol. The van der Waals surface area contributed by atoms with Crippen LogP contribution >= 0.6 is 0 Å². The standard InChI is InChI=1S/C23H40O6/c1-3-5-7-9-11-15-28-22(26)18-13-14-19(20(17-18)21(24)25)23(27)29-16-12-10-8-6-4-2/h18-20H,3-17H2,1-2H3,(H,24,25). The molecule has 1 saturated carbocycles. The number of carbonyl (C=O) groups excluding carboxylic acids is 2. The van der Waals surface area contributed by atoms with Gasteiger partial charge in [-0.15, -0.1) is 0 Å². The molecule has 0 spiro atoms. The van der Waals surface area contributed by atoms with E-state index in [9.17, 15) is 19.5 Å². The number of rotatable bonds is 15. The van der Waals surface area contributed by atoms with Gasteiger partial charge in [0, 0.05) is 0 Å². The third-order valence-corrected chi connectivity index (χ3v) is 5.79. The maximum Gasteiger partial charge on any atom is 0.309 e. The van der Waals surface area contributed by atoms with Crippen LogP contribution < -0.4 is 0 Å². The smallest absolute Gasteiger partial charge is 0.309 e. The van der Waals surface area contributed by atoms with Crippen LogP contribution in [0.25, 0.3) is 0 Å². The lowest BCUT2D eigenvalue weighted by molar-refractivity contribution is -0.164. The van der Waals surface area contributed by atoms with Gasteiger partial charge in [0.15, 0.2) is 0 Å². The van der Waals surface area contributed by atoms with Crippen molar-refractivity contribution >= 4 is 17.9 Å². The molecule has 1 aliphatic rings. The largest absolute Gasteiger partial charge is 0.481 e. The molecule has 6 nitrogen and oxygen atoms in total. The Labute approximate surface area is 175 Å². The fourth-order valence-electron chi connectivity index (χ4n) is 3.92. The van der Waals surface area contributed by atoms with Gasteiger partial charge in [0.2, 0.25) is 0 Å². The number of hydrogen-bond acceptors (Lipinski definition) is 5. The first kappa shape index (κ1) is 25.4. The molecule has 168 valence electrons. The van der Waals surface area contributed by atoms with E-state index in [0.717, 1.165) is 44.9 Å². The summed E-state index contributed by atoms with van der Waals surface area (Å²) in [6.07, 6.45) is 11.6. The Morgan fingerprint density at radius 3 is 1.76 bits per heavy atom. The summed E-state index contributed by atoms with van der Waals surface area (Å²) in [5.41, 5.74) is 0. The predicted molar refractivity (Wildman–Crippen MR) is 111 cm³/mol. The van der Waals surface area contributed by atoms with Crippen LogP contribution in [0.5, 0.6) is 0 Å². The highest BCUT2D eigenvalue weighted by Gasteiger charge is 2.42. The number of esters is 2. The molecule has 0 radical (unpaired) electrons. The van der Waals surface area contributed by atoms with E-state index in [0.29, 0.717) is 26.1 Å². The van der Waals surface area contributed by atoms with E-state index in [1.165, 1.54) is 19.3 Å². The number of carbonyl (C=O) groups is 3. The summed E-state index contributed by atoms with van der Waals surface area (Å²) in [7, 11) is 0. The summed E-state index contributed by atoms with van der Waals surface area (Å²) in [4.78, 5) is 36.4. The third-order valence-electron chi connectivity index (χ3n) is 5.79. The molecule has 29 heavy (non-hydrogen) atoms. The first-order valence-corrected chi connectivity index (χ1v) is 11.6. The fraction of sp³-hybridized carbons (Fsp3) is 0.870. The minimum absolute atomic E-state index is 0.153. The zero-order chi connectivity index (χ0) is 21.5. The number of carboxylic acid groups (broad SMARTS) is 1. The van der Waals surface area contributed by atoms with E-state index in [1.54, 1.807) is 0 Å². The van der Waals surface area contributed by atoms with Crippen molar-refractivity contribution in [2.75, 3.05) is 13.2 Å². The quantitative estimate of drug-likeness (QED) is 0.296. The molecule has 0 bridgehead atoms. The molecule has 0 aliphatic heterocycles. The van der Waals surface area contributed by atoms with Crippen LogP contribution in [-0.4, -0.2) is 36.2 Å². The molecule has 0 heterocycles. The van der Waals surface area contributed by atoms with Gasteiger partial charge in [0.1, 0.15) is 0 Å². The van der Waals surface area contributed by atoms with E-state index < -0.39 is 29.7 Å². The Morgan fingerprint density at radius 2 is 1.24 bits per heavy atom. The SMILES string of the molecule is CCCCCCCOC(=O)C1CCC(C(=O)OCCCCCCC)C(C(=O)O)C1. The van der Waals surface area contributed by atoms with Gasteiger partial charge in [0.05, 0.1) is 31.0 Å². The maximum absolute atomic E-state index is 12.4. The molecule has 1 fully saturated rings. The van der Waals surface area contributed by atoms with Crippen molar-refractivity contribution in [2.45, 2.75) is 97.3 Å². The van der Waals surface area contributed by atoms with E-state index in [2.05, 4.69) is 13.8 Å². The van der Waals surface area contributed by atoms with Gasteiger partial charge >= 0.3 is 17.9 Å². The van der Waals surface area contributed by atoms with Crippen molar-refractivity contribution < 1.29 is 29.0 Å². The highest BCUT2D eigenvalue weighted by molar-refractivity contribution is 5.83. The molecule has 0 aromatic carbocycles. The summed E-state index contributed by atoms with van der Waals surface area (Å²) in [5, 5.41) is 9.56. The number of hydrogen-bond donors (Lipinski definition) is 1. The molecule has 3 unspecified atom stereocenters. The van der Waals surface area contributed by atoms with Crippen molar-refractivity contribution in [3.05, 3.63) is 0 Å². The lowest BCUT2D eigenvalue weighted by Gasteiger charge is -2.31. The van der Waals surface area contributed by atoms with Gasteiger partial charge in [-0.05, 0) is 32.1 Å². The first-order chi connectivity index (χ1) is 14.0. The fourth-order valence-corrected chi connectivity index (χ4v) is 3.92. The summed E-state index contributed by atoms with van der Waals surface area (Å²) >= 11 is 0. The lowest BCUT2D eigenvalue weighted by atomic mass is 9.74. The van der Waals surface area contributed by atoms with Crippen LogP contribution in [0, 0.1) is 17.8 Å². The topological polar surface area (TPSA) is 89.9 Å². The Kier molecular flexibility index (Phi) is 13.4. The Balaban J connectivity index is 2.38. The van der Waals surface area contributed by atoms with Crippen molar-refractivity contribution in [2.24, 2.45) is 17.8 Å². The highest BCUT2D eigenvalue weighted by Crippen LogP contribution is 2.36. The minimum atomic E-state index is -1.04. The average Bonchev–Trinajstić information content (AvgIpc) is 2.72. The van der Waals surface area contributed by atoms with Crippen molar-refractivity contribution in [1.82, 2.24) is 0 Å². The van der Waals surface area contributed by atoms with Gasteiger partial charge in [0.25, 0.3) is 0 Å². The molecule has 0 aromatic heterocycles. The second-order valence-electron chi connectivity index (χ2n) is 8.22. The van der Waals surface area contributed by atoms with Crippen LogP contribution in [0.3, 0.4) is 0 Å². The van der Waals surface area contributed by atoms with E-state index in [1.807, 2.05) is 0 Å². The molecule has 6 heteroatoms. The normalized spacial score (nSPS) is 21.5. The molecule has 1 rings (SSSR count). The van der Waals surface area contributed by atoms with Crippen LogP contribution in [-0.2, 0) is 23.9 Å². The van der Waals surface area contributed by atoms with Gasteiger partial charge < -0.3 is 14.6 Å². The van der Waals surface area contributed by atoms with Crippen LogP contribution in [0.2, 0.25) is 0 Å². The Bertz CT molecular complexity index is 490. The second-order valence-corrected chi connectivity index (χ2v) is 8.22. The molecule has 1 aliphatic carbocycles. The number of unbranched alkanes of at least 4 members (excludes halogenated alkanes) is 8. The van der Waals surface area contributed by atoms with E-state index in [-0.39, 0.29) is 12.4 Å². The number of ether oxygens (including phenoxy) is 2. The summed E-state index contributed by atoms with van der Waals surface area (Å²) < 4.78 is 10.7. The van der Waals surface area contributed by atoms with Gasteiger partial charge in [-0.25, -0.2) is 0 Å². The maximum atomic E-state index is 12.4. The van der Waals surface area contributed by atoms with Gasteiger partial charge in [-0.3, -0.25) is 14.4 Å². The van der Waals surface area contributed by atoms with Crippen molar-refractivity contribution in [1.29, 1.82) is 0 Å².